The van der Waals surface area contributed by atoms with Gasteiger partial charge < -0.3 is 20.1 Å². The molecule has 0 aliphatic carbocycles. The van der Waals surface area contributed by atoms with E-state index in [9.17, 15) is 20.1 Å². The third kappa shape index (κ3) is 2.27. The van der Waals surface area contributed by atoms with Gasteiger partial charge in [-0.3, -0.25) is 4.79 Å². The van der Waals surface area contributed by atoms with Crippen molar-refractivity contribution >= 4 is 10.8 Å². The van der Waals surface area contributed by atoms with Gasteiger partial charge in [-0.2, -0.15) is 0 Å². The number of hydrogen-bond acceptors (Lipinski definition) is 5. The van der Waals surface area contributed by atoms with Crippen LogP contribution < -0.4 is 10.2 Å². The molecular formula is C14H14O5. The minimum atomic E-state index is -0.711. The number of phenols is 3. The standard InChI is InChI=1S/C14H14O5/c1-2-6-19-10-5-3-4-8-7-9(15)12(16)14(18)11(8)13(10)17/h3-5,7,15-16,18H,2,6H2,1H3. The fourth-order valence-electron chi connectivity index (χ4n) is 1.80. The maximum absolute atomic E-state index is 12.2. The van der Waals surface area contributed by atoms with E-state index < -0.39 is 22.7 Å². The van der Waals surface area contributed by atoms with Crippen molar-refractivity contribution in [1.29, 1.82) is 0 Å². The van der Waals surface area contributed by atoms with Crippen molar-refractivity contribution in [2.24, 2.45) is 0 Å². The van der Waals surface area contributed by atoms with Crippen LogP contribution in [0.5, 0.6) is 23.0 Å². The number of hydrogen-bond donors (Lipinski definition) is 3. The summed E-state index contributed by atoms with van der Waals surface area (Å²) < 4.78 is 5.31. The van der Waals surface area contributed by atoms with Gasteiger partial charge in [0.1, 0.15) is 0 Å². The van der Waals surface area contributed by atoms with Gasteiger partial charge in [-0.1, -0.05) is 19.1 Å². The Morgan fingerprint density at radius 2 is 1.89 bits per heavy atom. The first-order valence-corrected chi connectivity index (χ1v) is 5.90. The molecule has 100 valence electrons. The Morgan fingerprint density at radius 1 is 1.16 bits per heavy atom. The summed E-state index contributed by atoms with van der Waals surface area (Å²) in [4.78, 5) is 12.2. The predicted molar refractivity (Wildman–Crippen MR) is 71.0 cm³/mol. The molecular weight excluding hydrogens is 248 g/mol. The first-order chi connectivity index (χ1) is 9.06. The Bertz CT molecular complexity index is 679. The average Bonchev–Trinajstić information content (AvgIpc) is 2.53. The molecule has 0 aliphatic heterocycles. The van der Waals surface area contributed by atoms with Crippen LogP contribution in [0.3, 0.4) is 0 Å². The number of fused-ring (bicyclic) bond motifs is 1. The van der Waals surface area contributed by atoms with Crippen LogP contribution in [0.1, 0.15) is 13.3 Å². The number of aromatic hydroxyl groups is 3. The molecule has 3 N–H and O–H groups in total. The lowest BCUT2D eigenvalue weighted by molar-refractivity contribution is 0.315. The molecule has 0 saturated heterocycles. The second kappa shape index (κ2) is 5.06. The van der Waals surface area contributed by atoms with Crippen molar-refractivity contribution in [2.45, 2.75) is 13.3 Å². The number of rotatable bonds is 3. The van der Waals surface area contributed by atoms with Crippen LogP contribution in [-0.4, -0.2) is 21.9 Å². The van der Waals surface area contributed by atoms with Crippen molar-refractivity contribution in [1.82, 2.24) is 0 Å². The zero-order valence-electron chi connectivity index (χ0n) is 10.4. The molecule has 19 heavy (non-hydrogen) atoms. The highest BCUT2D eigenvalue weighted by atomic mass is 16.5. The van der Waals surface area contributed by atoms with Gasteiger partial charge >= 0.3 is 0 Å². The van der Waals surface area contributed by atoms with Crippen LogP contribution in [0.25, 0.3) is 10.8 Å². The van der Waals surface area contributed by atoms with Crippen LogP contribution >= 0.6 is 0 Å². The fraction of sp³-hybridized carbons (Fsp3) is 0.214. The van der Waals surface area contributed by atoms with Gasteiger partial charge in [-0.15, -0.1) is 0 Å². The molecule has 0 amide bonds. The predicted octanol–water partition coefficient (Wildman–Crippen LogP) is 2.11. The van der Waals surface area contributed by atoms with Gasteiger partial charge in [0.05, 0.1) is 12.0 Å². The van der Waals surface area contributed by atoms with Gasteiger partial charge in [0.2, 0.25) is 11.2 Å². The van der Waals surface area contributed by atoms with E-state index in [-0.39, 0.29) is 11.1 Å². The Morgan fingerprint density at radius 3 is 2.58 bits per heavy atom. The summed E-state index contributed by atoms with van der Waals surface area (Å²) in [6.07, 6.45) is 0.744. The molecule has 0 bridgehead atoms. The van der Waals surface area contributed by atoms with Gasteiger partial charge in [0, 0.05) is 0 Å². The summed E-state index contributed by atoms with van der Waals surface area (Å²) in [5.41, 5.74) is -0.527. The largest absolute Gasteiger partial charge is 0.504 e. The van der Waals surface area contributed by atoms with Crippen molar-refractivity contribution in [3.63, 3.8) is 0 Å². The van der Waals surface area contributed by atoms with E-state index in [1.54, 1.807) is 12.1 Å². The summed E-state index contributed by atoms with van der Waals surface area (Å²) >= 11 is 0. The van der Waals surface area contributed by atoms with Crippen LogP contribution in [-0.2, 0) is 0 Å². The second-order valence-corrected chi connectivity index (χ2v) is 4.12. The molecule has 0 aliphatic rings. The quantitative estimate of drug-likeness (QED) is 0.737. The monoisotopic (exact) mass is 262 g/mol. The third-order valence-electron chi connectivity index (χ3n) is 2.72. The molecule has 0 heterocycles. The SMILES string of the molecule is CCCOc1cccc2cc(O)c(O)c(O)c2c1=O. The number of ether oxygens (including phenoxy) is 1. The Labute approximate surface area is 109 Å². The molecule has 0 fully saturated rings. The highest BCUT2D eigenvalue weighted by Crippen LogP contribution is 2.39. The Hall–Kier alpha value is -2.43. The molecule has 5 heteroatoms. The first kappa shape index (κ1) is 13.0. The van der Waals surface area contributed by atoms with Crippen LogP contribution in [0, 0.1) is 0 Å². The van der Waals surface area contributed by atoms with E-state index in [4.69, 9.17) is 4.74 Å². The minimum Gasteiger partial charge on any atom is -0.504 e. The smallest absolute Gasteiger partial charge is 0.232 e. The van der Waals surface area contributed by atoms with Crippen molar-refractivity contribution in [2.75, 3.05) is 6.61 Å². The molecule has 0 saturated carbocycles. The zero-order valence-corrected chi connectivity index (χ0v) is 10.4. The fourth-order valence-corrected chi connectivity index (χ4v) is 1.80. The van der Waals surface area contributed by atoms with E-state index in [2.05, 4.69) is 0 Å². The van der Waals surface area contributed by atoms with Crippen LogP contribution in [0.2, 0.25) is 0 Å². The van der Waals surface area contributed by atoms with Crippen molar-refractivity contribution in [3.8, 4) is 23.0 Å². The highest BCUT2D eigenvalue weighted by Gasteiger charge is 2.15. The maximum atomic E-state index is 12.2. The molecule has 0 atom stereocenters. The van der Waals surface area contributed by atoms with E-state index in [0.29, 0.717) is 12.0 Å². The number of phenolic OH excluding ortho intramolecular Hbond substituents is 3. The lowest BCUT2D eigenvalue weighted by Crippen LogP contribution is -2.06. The van der Waals surface area contributed by atoms with Crippen LogP contribution in [0.4, 0.5) is 0 Å². The van der Waals surface area contributed by atoms with E-state index in [1.807, 2.05) is 6.92 Å². The molecule has 2 aromatic rings. The summed E-state index contributed by atoms with van der Waals surface area (Å²) in [5, 5.41) is 29.0. The second-order valence-electron chi connectivity index (χ2n) is 4.12. The summed E-state index contributed by atoms with van der Waals surface area (Å²) in [6, 6.07) is 5.85. The van der Waals surface area contributed by atoms with Gasteiger partial charge in [0.15, 0.2) is 17.2 Å². The highest BCUT2D eigenvalue weighted by molar-refractivity contribution is 5.92. The molecule has 2 rings (SSSR count). The summed E-state index contributed by atoms with van der Waals surface area (Å²) in [7, 11) is 0. The van der Waals surface area contributed by atoms with Gasteiger partial charge in [-0.25, -0.2) is 0 Å². The normalized spacial score (nSPS) is 10.6. The number of benzene rings is 1. The summed E-state index contributed by atoms with van der Waals surface area (Å²) in [6.45, 7) is 2.29. The molecule has 5 nitrogen and oxygen atoms in total. The third-order valence-corrected chi connectivity index (χ3v) is 2.72. The van der Waals surface area contributed by atoms with Gasteiger partial charge in [-0.05, 0) is 23.9 Å². The minimum absolute atomic E-state index is 0.0774. The van der Waals surface area contributed by atoms with E-state index in [0.717, 1.165) is 6.42 Å². The van der Waals surface area contributed by atoms with Crippen LogP contribution in [0.15, 0.2) is 29.1 Å². The average molecular weight is 262 g/mol. The Balaban J connectivity index is 2.80. The zero-order chi connectivity index (χ0) is 14.0. The topological polar surface area (TPSA) is 87.0 Å². The van der Waals surface area contributed by atoms with E-state index in [1.165, 1.54) is 12.1 Å². The molecule has 0 unspecified atom stereocenters. The molecule has 0 radical (unpaired) electrons. The molecule has 0 spiro atoms. The first-order valence-electron chi connectivity index (χ1n) is 5.90. The summed E-state index contributed by atoms with van der Waals surface area (Å²) in [5.74, 6) is -1.74. The maximum Gasteiger partial charge on any atom is 0.232 e. The molecule has 2 aromatic carbocycles. The lowest BCUT2D eigenvalue weighted by atomic mass is 10.1. The van der Waals surface area contributed by atoms with Crippen molar-refractivity contribution in [3.05, 3.63) is 34.5 Å². The molecule has 0 aromatic heterocycles. The van der Waals surface area contributed by atoms with Gasteiger partial charge in [0.25, 0.3) is 0 Å². The lowest BCUT2D eigenvalue weighted by Gasteiger charge is -2.04. The van der Waals surface area contributed by atoms with E-state index >= 15 is 0 Å². The van der Waals surface area contributed by atoms with Crippen molar-refractivity contribution < 1.29 is 20.1 Å². The Kier molecular flexibility index (Phi) is 3.46.